The lowest BCUT2D eigenvalue weighted by atomic mass is 9.76. The van der Waals surface area contributed by atoms with Gasteiger partial charge in [0.25, 0.3) is 0 Å². The van der Waals surface area contributed by atoms with Crippen LogP contribution in [-0.4, -0.2) is 22.3 Å². The summed E-state index contributed by atoms with van der Waals surface area (Å²) in [6, 6.07) is 0. The number of hydrogen-bond donors (Lipinski definition) is 2. The van der Waals surface area contributed by atoms with Gasteiger partial charge in [0.15, 0.2) is 5.79 Å². The predicted octanol–water partition coefficient (Wildman–Crippen LogP) is 6.40. The second kappa shape index (κ2) is 14.6. The minimum atomic E-state index is -1.93. The van der Waals surface area contributed by atoms with Gasteiger partial charge in [-0.05, 0) is 6.42 Å². The third-order valence-corrected chi connectivity index (χ3v) is 5.65. The molecule has 0 aliphatic heterocycles. The van der Waals surface area contributed by atoms with E-state index in [2.05, 4.69) is 6.92 Å². The van der Waals surface area contributed by atoms with E-state index in [-0.39, 0.29) is 0 Å². The van der Waals surface area contributed by atoms with Gasteiger partial charge in [0.2, 0.25) is 0 Å². The average molecular weight is 371 g/mol. The summed E-state index contributed by atoms with van der Waals surface area (Å²) in [6.07, 6.45) is 19.4. The maximum atomic E-state index is 11.2. The Kier molecular flexibility index (Phi) is 14.4. The molecule has 0 aromatic carbocycles. The van der Waals surface area contributed by atoms with Crippen molar-refractivity contribution < 1.29 is 15.0 Å². The normalized spacial score (nSPS) is 13.8. The molecule has 26 heavy (non-hydrogen) atoms. The molecule has 1 atom stereocenters. The van der Waals surface area contributed by atoms with Crippen LogP contribution in [0.15, 0.2) is 0 Å². The molecule has 0 saturated heterocycles. The minimum absolute atomic E-state index is 0.561. The van der Waals surface area contributed by atoms with Gasteiger partial charge in [0.05, 0.1) is 5.92 Å². The highest BCUT2D eigenvalue weighted by Crippen LogP contribution is 2.35. The number of hydrogen-bond acceptors (Lipinski definition) is 3. The zero-order valence-electron chi connectivity index (χ0n) is 18.1. The number of aldehydes is 1. The Morgan fingerprint density at radius 1 is 0.692 bits per heavy atom. The van der Waals surface area contributed by atoms with Crippen LogP contribution < -0.4 is 0 Å². The number of unbranched alkanes of at least 4 members (excludes halogenated alkanes) is 13. The van der Waals surface area contributed by atoms with Crippen molar-refractivity contribution in [3.8, 4) is 0 Å². The summed E-state index contributed by atoms with van der Waals surface area (Å²) in [4.78, 5) is 11.2. The molecular weight excluding hydrogens is 324 g/mol. The molecule has 3 nitrogen and oxygen atoms in total. The monoisotopic (exact) mass is 370 g/mol. The number of carbonyl (C=O) groups is 1. The molecule has 0 saturated carbocycles. The van der Waals surface area contributed by atoms with Crippen LogP contribution in [0.25, 0.3) is 0 Å². The van der Waals surface area contributed by atoms with E-state index in [1.165, 1.54) is 77.0 Å². The first-order valence-corrected chi connectivity index (χ1v) is 11.2. The first kappa shape index (κ1) is 25.6. The van der Waals surface area contributed by atoms with Crippen molar-refractivity contribution in [1.29, 1.82) is 0 Å². The molecule has 0 bridgehead atoms. The fraction of sp³-hybridized carbons (Fsp3) is 0.957. The van der Waals surface area contributed by atoms with Crippen molar-refractivity contribution in [2.75, 3.05) is 0 Å². The zero-order valence-corrected chi connectivity index (χ0v) is 18.1. The van der Waals surface area contributed by atoms with Crippen LogP contribution in [0.1, 0.15) is 124 Å². The van der Waals surface area contributed by atoms with Crippen molar-refractivity contribution >= 4 is 6.29 Å². The van der Waals surface area contributed by atoms with E-state index < -0.39 is 17.1 Å². The molecule has 156 valence electrons. The lowest BCUT2D eigenvalue weighted by Crippen LogP contribution is -2.49. The maximum absolute atomic E-state index is 11.2. The fourth-order valence-corrected chi connectivity index (χ4v) is 3.48. The molecule has 0 heterocycles. The third kappa shape index (κ3) is 11.3. The summed E-state index contributed by atoms with van der Waals surface area (Å²) in [6.45, 7) is 7.54. The van der Waals surface area contributed by atoms with Gasteiger partial charge in [-0.3, -0.25) is 0 Å². The summed E-state index contributed by atoms with van der Waals surface area (Å²) in [5.74, 6) is -2.62. The molecule has 0 spiro atoms. The Hall–Kier alpha value is -0.410. The molecule has 0 aromatic rings. The van der Waals surface area contributed by atoms with E-state index in [0.29, 0.717) is 12.7 Å². The molecule has 1 unspecified atom stereocenters. The molecule has 3 heteroatoms. The third-order valence-electron chi connectivity index (χ3n) is 5.65. The molecule has 0 aliphatic carbocycles. The largest absolute Gasteiger partial charge is 0.365 e. The van der Waals surface area contributed by atoms with E-state index in [4.69, 9.17) is 0 Å². The van der Waals surface area contributed by atoms with Crippen LogP contribution >= 0.6 is 0 Å². The summed E-state index contributed by atoms with van der Waals surface area (Å²) >= 11 is 0. The molecule has 0 amide bonds. The van der Waals surface area contributed by atoms with E-state index in [1.807, 2.05) is 0 Å². The van der Waals surface area contributed by atoms with Gasteiger partial charge in [0.1, 0.15) is 6.29 Å². The van der Waals surface area contributed by atoms with Crippen LogP contribution in [-0.2, 0) is 4.79 Å². The van der Waals surface area contributed by atoms with Gasteiger partial charge in [-0.25, -0.2) is 0 Å². The van der Waals surface area contributed by atoms with Crippen LogP contribution in [0.5, 0.6) is 0 Å². The Balaban J connectivity index is 3.54. The highest BCUT2D eigenvalue weighted by molar-refractivity contribution is 5.55. The molecule has 2 N–H and O–H groups in total. The molecule has 0 aromatic heterocycles. The molecule has 0 aliphatic rings. The zero-order chi connectivity index (χ0) is 19.9. The predicted molar refractivity (Wildman–Crippen MR) is 111 cm³/mol. The lowest BCUT2D eigenvalue weighted by Gasteiger charge is -2.39. The van der Waals surface area contributed by atoms with E-state index in [1.54, 1.807) is 20.8 Å². The number of aliphatic hydroxyl groups is 2. The molecule has 0 rings (SSSR count). The van der Waals surface area contributed by atoms with Crippen LogP contribution in [0.3, 0.4) is 0 Å². The van der Waals surface area contributed by atoms with Crippen molar-refractivity contribution in [2.45, 2.75) is 130 Å². The highest BCUT2D eigenvalue weighted by Gasteiger charge is 2.44. The van der Waals surface area contributed by atoms with Gasteiger partial charge in [0, 0.05) is 5.41 Å². The smallest absolute Gasteiger partial charge is 0.177 e. The summed E-state index contributed by atoms with van der Waals surface area (Å²) < 4.78 is 0. The first-order valence-electron chi connectivity index (χ1n) is 11.2. The Morgan fingerprint density at radius 3 is 1.35 bits per heavy atom. The van der Waals surface area contributed by atoms with Gasteiger partial charge in [-0.15, -0.1) is 0 Å². The highest BCUT2D eigenvalue weighted by atomic mass is 16.5. The van der Waals surface area contributed by atoms with Crippen LogP contribution in [0.2, 0.25) is 0 Å². The maximum Gasteiger partial charge on any atom is 0.177 e. The summed E-state index contributed by atoms with van der Waals surface area (Å²) in [5.41, 5.74) is -0.714. The van der Waals surface area contributed by atoms with Crippen molar-refractivity contribution in [1.82, 2.24) is 0 Å². The second-order valence-electron chi connectivity index (χ2n) is 9.10. The van der Waals surface area contributed by atoms with E-state index in [9.17, 15) is 15.0 Å². The van der Waals surface area contributed by atoms with Crippen LogP contribution in [0.4, 0.5) is 0 Å². The topological polar surface area (TPSA) is 57.5 Å². The Labute approximate surface area is 163 Å². The van der Waals surface area contributed by atoms with E-state index >= 15 is 0 Å². The lowest BCUT2D eigenvalue weighted by molar-refractivity contribution is -0.255. The van der Waals surface area contributed by atoms with Crippen LogP contribution in [0, 0.1) is 11.3 Å². The molecule has 0 radical (unpaired) electrons. The summed E-state index contributed by atoms with van der Waals surface area (Å²) in [7, 11) is 0. The number of rotatable bonds is 17. The first-order chi connectivity index (χ1) is 12.3. The Morgan fingerprint density at radius 2 is 1.04 bits per heavy atom. The van der Waals surface area contributed by atoms with Crippen molar-refractivity contribution in [3.05, 3.63) is 0 Å². The van der Waals surface area contributed by atoms with E-state index in [0.717, 1.165) is 12.8 Å². The van der Waals surface area contributed by atoms with Gasteiger partial charge in [-0.2, -0.15) is 0 Å². The minimum Gasteiger partial charge on any atom is -0.365 e. The average Bonchev–Trinajstić information content (AvgIpc) is 2.57. The molecular formula is C23H46O3. The van der Waals surface area contributed by atoms with Gasteiger partial charge < -0.3 is 15.0 Å². The van der Waals surface area contributed by atoms with Crippen molar-refractivity contribution in [2.24, 2.45) is 11.3 Å². The SMILES string of the molecule is CCCCCCCCCCCCCCCCC(C=O)C(O)(O)C(C)(C)C. The molecule has 0 fully saturated rings. The van der Waals surface area contributed by atoms with Crippen molar-refractivity contribution in [3.63, 3.8) is 0 Å². The summed E-state index contributed by atoms with van der Waals surface area (Å²) in [5, 5.41) is 20.5. The Bertz CT molecular complexity index is 331. The standard InChI is InChI=1S/C23H46O3/c1-5-6-7-8-9-10-11-12-13-14-15-16-17-18-19-21(20-24)23(25,26)22(2,3)4/h20-21,25-26H,5-19H2,1-4H3. The second-order valence-corrected chi connectivity index (χ2v) is 9.10. The quantitative estimate of drug-likeness (QED) is 0.177. The van der Waals surface area contributed by atoms with Gasteiger partial charge >= 0.3 is 0 Å². The number of carbonyl (C=O) groups excluding carboxylic acids is 1. The fourth-order valence-electron chi connectivity index (χ4n) is 3.48. The van der Waals surface area contributed by atoms with Gasteiger partial charge in [-0.1, -0.05) is 118 Å².